The topological polar surface area (TPSA) is 0 Å². The molecule has 0 spiro atoms. The van der Waals surface area contributed by atoms with Crippen LogP contribution < -0.4 is 0 Å². The smallest absolute Gasteiger partial charge is 0.0229 e. The van der Waals surface area contributed by atoms with Gasteiger partial charge < -0.3 is 0 Å². The zero-order valence-corrected chi connectivity index (χ0v) is 10.3. The van der Waals surface area contributed by atoms with E-state index in [0.717, 1.165) is 12.2 Å². The van der Waals surface area contributed by atoms with Crippen molar-refractivity contribution in [2.45, 2.75) is 18.2 Å². The first-order valence-electron chi connectivity index (χ1n) is 5.59. The molecule has 0 N–H and O–H groups in total. The molecule has 1 aliphatic heterocycles. The van der Waals surface area contributed by atoms with Gasteiger partial charge in [0, 0.05) is 10.6 Å². The summed E-state index contributed by atoms with van der Waals surface area (Å²) in [5.41, 5.74) is 2.86. The van der Waals surface area contributed by atoms with Crippen LogP contribution in [0.1, 0.15) is 12.5 Å². The molecule has 0 atom stereocenters. The minimum absolute atomic E-state index is 1.05. The van der Waals surface area contributed by atoms with E-state index in [1.165, 1.54) is 16.0 Å². The van der Waals surface area contributed by atoms with Gasteiger partial charge >= 0.3 is 0 Å². The van der Waals surface area contributed by atoms with Crippen molar-refractivity contribution in [3.63, 3.8) is 0 Å². The second-order valence-electron chi connectivity index (χ2n) is 3.76. The Bertz CT molecular complexity index is 439. The molecule has 0 nitrogen and oxygen atoms in total. The molecular formula is C15H16S. The van der Waals surface area contributed by atoms with Crippen molar-refractivity contribution in [3.05, 3.63) is 65.8 Å². The maximum absolute atomic E-state index is 2.33. The van der Waals surface area contributed by atoms with Crippen LogP contribution in [0.15, 0.2) is 65.1 Å². The molecule has 16 heavy (non-hydrogen) atoms. The highest BCUT2D eigenvalue weighted by Crippen LogP contribution is 2.28. The van der Waals surface area contributed by atoms with E-state index < -0.39 is 0 Å². The summed E-state index contributed by atoms with van der Waals surface area (Å²) in [6.07, 6.45) is 11.8. The molecule has 1 heterocycles. The molecule has 2 rings (SSSR count). The van der Waals surface area contributed by atoms with Gasteiger partial charge in [-0.3, -0.25) is 0 Å². The Kier molecular flexibility index (Phi) is 4.06. The molecule has 0 bridgehead atoms. The van der Waals surface area contributed by atoms with E-state index in [0.29, 0.717) is 0 Å². The van der Waals surface area contributed by atoms with Crippen LogP contribution in [0, 0.1) is 0 Å². The highest BCUT2D eigenvalue weighted by atomic mass is 32.2. The summed E-state index contributed by atoms with van der Waals surface area (Å²) in [6.45, 7) is 2.04. The molecule has 0 radical (unpaired) electrons. The fourth-order valence-electron chi connectivity index (χ4n) is 1.68. The van der Waals surface area contributed by atoms with Crippen LogP contribution in [0.2, 0.25) is 0 Å². The molecule has 1 heteroatoms. The minimum Gasteiger partial charge on any atom is -0.121 e. The lowest BCUT2D eigenvalue weighted by molar-refractivity contribution is 1.18. The van der Waals surface area contributed by atoms with E-state index in [2.05, 4.69) is 54.6 Å². The fraction of sp³-hybridized carbons (Fsp3) is 0.200. The second kappa shape index (κ2) is 5.76. The van der Waals surface area contributed by atoms with Gasteiger partial charge in [-0.15, -0.1) is 11.8 Å². The predicted octanol–water partition coefficient (Wildman–Crippen LogP) is 4.39. The number of hydrogen-bond acceptors (Lipinski definition) is 1. The second-order valence-corrected chi connectivity index (χ2v) is 4.78. The maximum atomic E-state index is 2.33. The molecule has 1 aliphatic rings. The van der Waals surface area contributed by atoms with Gasteiger partial charge in [-0.25, -0.2) is 0 Å². The van der Waals surface area contributed by atoms with Crippen molar-refractivity contribution in [2.75, 3.05) is 5.75 Å². The van der Waals surface area contributed by atoms with E-state index in [1.54, 1.807) is 0 Å². The van der Waals surface area contributed by atoms with Gasteiger partial charge in [0.1, 0.15) is 0 Å². The van der Waals surface area contributed by atoms with Crippen molar-refractivity contribution in [3.8, 4) is 0 Å². The Morgan fingerprint density at radius 1 is 1.19 bits per heavy atom. The summed E-state index contributed by atoms with van der Waals surface area (Å²) >= 11 is 1.93. The lowest BCUT2D eigenvalue weighted by Gasteiger charge is -2.02. The monoisotopic (exact) mass is 228 g/mol. The summed E-state index contributed by atoms with van der Waals surface area (Å²) in [4.78, 5) is 1.42. The Labute approximate surface area is 102 Å². The summed E-state index contributed by atoms with van der Waals surface area (Å²) < 4.78 is 0. The average molecular weight is 228 g/mol. The maximum Gasteiger partial charge on any atom is 0.0229 e. The first kappa shape index (κ1) is 11.3. The molecule has 0 amide bonds. The van der Waals surface area contributed by atoms with E-state index in [1.807, 2.05) is 18.7 Å². The van der Waals surface area contributed by atoms with Crippen molar-refractivity contribution < 1.29 is 0 Å². The van der Waals surface area contributed by atoms with Crippen LogP contribution >= 0.6 is 11.8 Å². The summed E-state index contributed by atoms with van der Waals surface area (Å²) in [6, 6.07) is 8.67. The van der Waals surface area contributed by atoms with Crippen molar-refractivity contribution in [1.29, 1.82) is 0 Å². The van der Waals surface area contributed by atoms with Gasteiger partial charge in [-0.05, 0) is 30.5 Å². The standard InChI is InChI=1S/C15H16S/c1-2-3-4-7-13-10-11-14-8-5-6-9-15(14)16-12-13/h2-10H,11-12H2,1H3/b3-2-,7-4-. The van der Waals surface area contributed by atoms with Crippen molar-refractivity contribution >= 4 is 11.8 Å². The van der Waals surface area contributed by atoms with Gasteiger partial charge in [0.25, 0.3) is 0 Å². The largest absolute Gasteiger partial charge is 0.121 e. The van der Waals surface area contributed by atoms with Crippen LogP contribution in [0.25, 0.3) is 0 Å². The molecule has 82 valence electrons. The van der Waals surface area contributed by atoms with Crippen molar-refractivity contribution in [1.82, 2.24) is 0 Å². The summed E-state index contributed by atoms with van der Waals surface area (Å²) in [5.74, 6) is 1.07. The third-order valence-electron chi connectivity index (χ3n) is 2.56. The Morgan fingerprint density at radius 2 is 2.06 bits per heavy atom. The van der Waals surface area contributed by atoms with Gasteiger partial charge in [0.05, 0.1) is 0 Å². The number of thioether (sulfide) groups is 1. The van der Waals surface area contributed by atoms with Gasteiger partial charge in [0.2, 0.25) is 0 Å². The third kappa shape index (κ3) is 2.89. The first-order chi connectivity index (χ1) is 7.90. The minimum atomic E-state index is 1.05. The molecule has 0 fully saturated rings. The Morgan fingerprint density at radius 3 is 2.94 bits per heavy atom. The zero-order valence-electron chi connectivity index (χ0n) is 9.52. The lowest BCUT2D eigenvalue weighted by atomic mass is 10.1. The quantitative estimate of drug-likeness (QED) is 0.676. The number of hydrogen-bond donors (Lipinski definition) is 0. The molecule has 1 aromatic rings. The van der Waals surface area contributed by atoms with Crippen LogP contribution in [-0.4, -0.2) is 5.75 Å². The number of rotatable bonds is 2. The van der Waals surface area contributed by atoms with Gasteiger partial charge in [-0.2, -0.15) is 0 Å². The predicted molar refractivity (Wildman–Crippen MR) is 72.9 cm³/mol. The number of fused-ring (bicyclic) bond motifs is 1. The van der Waals surface area contributed by atoms with Gasteiger partial charge in [0.15, 0.2) is 0 Å². The highest BCUT2D eigenvalue weighted by Gasteiger charge is 2.06. The first-order valence-corrected chi connectivity index (χ1v) is 6.58. The van der Waals surface area contributed by atoms with Crippen LogP contribution in [-0.2, 0) is 6.42 Å². The number of allylic oxidation sites excluding steroid dienone is 5. The van der Waals surface area contributed by atoms with E-state index in [4.69, 9.17) is 0 Å². The highest BCUT2D eigenvalue weighted by molar-refractivity contribution is 7.99. The normalized spacial score (nSPS) is 16.2. The summed E-state index contributed by atoms with van der Waals surface area (Å²) in [7, 11) is 0. The van der Waals surface area contributed by atoms with Crippen LogP contribution in [0.3, 0.4) is 0 Å². The average Bonchev–Trinajstić information content (AvgIpc) is 2.53. The lowest BCUT2D eigenvalue weighted by Crippen LogP contribution is -1.81. The summed E-state index contributed by atoms with van der Waals surface area (Å²) in [5, 5.41) is 0. The molecular weight excluding hydrogens is 212 g/mol. The van der Waals surface area contributed by atoms with E-state index in [9.17, 15) is 0 Å². The van der Waals surface area contributed by atoms with Crippen LogP contribution in [0.4, 0.5) is 0 Å². The fourth-order valence-corrected chi connectivity index (χ4v) is 2.73. The van der Waals surface area contributed by atoms with Gasteiger partial charge in [-0.1, -0.05) is 48.6 Å². The third-order valence-corrected chi connectivity index (χ3v) is 3.75. The molecule has 0 aliphatic carbocycles. The van der Waals surface area contributed by atoms with E-state index >= 15 is 0 Å². The Hall–Kier alpha value is -1.21. The number of benzene rings is 1. The zero-order chi connectivity index (χ0) is 11.2. The molecule has 0 saturated heterocycles. The molecule has 0 unspecified atom stereocenters. The SMILES string of the molecule is C/C=C\C=C/C1=CCc2ccccc2SC1. The van der Waals surface area contributed by atoms with Crippen molar-refractivity contribution in [2.24, 2.45) is 0 Å². The van der Waals surface area contributed by atoms with E-state index in [-0.39, 0.29) is 0 Å². The molecule has 1 aromatic carbocycles. The molecule has 0 saturated carbocycles. The Balaban J connectivity index is 2.11. The molecule has 0 aromatic heterocycles. The van der Waals surface area contributed by atoms with Crippen LogP contribution in [0.5, 0.6) is 0 Å².